The molecule has 1 N–H and O–H groups in total. The van der Waals surface area contributed by atoms with E-state index in [1.807, 2.05) is 51.1 Å². The van der Waals surface area contributed by atoms with Crippen molar-refractivity contribution < 1.29 is 23.5 Å². The molecule has 1 aliphatic rings. The van der Waals surface area contributed by atoms with E-state index in [-0.39, 0.29) is 18.2 Å². The van der Waals surface area contributed by atoms with Gasteiger partial charge in [0.25, 0.3) is 0 Å². The fraction of sp³-hybridized carbons (Fsp3) is 0.346. The quantitative estimate of drug-likeness (QED) is 0.339. The average Bonchev–Trinajstić information content (AvgIpc) is 3.26. The van der Waals surface area contributed by atoms with Gasteiger partial charge in [-0.25, -0.2) is 14.4 Å². The number of carbonyl (C=O) groups is 2. The molecule has 3 aromatic rings. The molecule has 0 saturated heterocycles. The Morgan fingerprint density at radius 1 is 1.09 bits per heavy atom. The van der Waals surface area contributed by atoms with E-state index in [2.05, 4.69) is 5.32 Å². The molecule has 2 aromatic carbocycles. The standard InChI is InChI=1S/C26H27NO6/c1-15(2)23(27-26(30)31-14-17-8-5-4-6-9-17)25(29)33-21-13-16(3)12-20-22(21)18-10-7-11-19(18)24(28)32-20/h4-6,8-9,12-13,15,23H,7,10-11,14H2,1-3H3,(H,27,30)/t23-/m0/s1. The first kappa shape index (κ1) is 22.6. The molecule has 0 bridgehead atoms. The Morgan fingerprint density at radius 2 is 1.82 bits per heavy atom. The smallest absolute Gasteiger partial charge is 0.408 e. The van der Waals surface area contributed by atoms with E-state index in [4.69, 9.17) is 13.9 Å². The van der Waals surface area contributed by atoms with Gasteiger partial charge in [0.05, 0.1) is 5.39 Å². The lowest BCUT2D eigenvalue weighted by Crippen LogP contribution is -2.46. The number of esters is 1. The SMILES string of the molecule is Cc1cc(OC(=O)[C@@H](NC(=O)OCc2ccccc2)C(C)C)c2c3c(c(=O)oc2c1)CCC3. The van der Waals surface area contributed by atoms with Gasteiger partial charge in [0.15, 0.2) is 0 Å². The molecule has 1 heterocycles. The van der Waals surface area contributed by atoms with Crippen molar-refractivity contribution in [3.05, 3.63) is 75.1 Å². The van der Waals surface area contributed by atoms with Crippen LogP contribution in [0.2, 0.25) is 0 Å². The fourth-order valence-corrected chi connectivity index (χ4v) is 4.15. The zero-order valence-electron chi connectivity index (χ0n) is 19.0. The molecule has 1 amide bonds. The van der Waals surface area contributed by atoms with E-state index in [0.29, 0.717) is 28.7 Å². The highest BCUT2D eigenvalue weighted by Crippen LogP contribution is 2.35. The maximum atomic E-state index is 13.1. The van der Waals surface area contributed by atoms with Gasteiger partial charge in [0, 0.05) is 5.56 Å². The summed E-state index contributed by atoms with van der Waals surface area (Å²) in [5.74, 6) is -0.505. The van der Waals surface area contributed by atoms with Gasteiger partial charge >= 0.3 is 17.7 Å². The molecule has 172 valence electrons. The Bertz CT molecular complexity index is 1250. The van der Waals surface area contributed by atoms with E-state index < -0.39 is 18.1 Å². The number of hydrogen-bond donors (Lipinski definition) is 1. The molecule has 0 radical (unpaired) electrons. The molecule has 0 spiro atoms. The minimum absolute atomic E-state index is 0.0974. The Kier molecular flexibility index (Phi) is 6.49. The Morgan fingerprint density at radius 3 is 2.55 bits per heavy atom. The summed E-state index contributed by atoms with van der Waals surface area (Å²) in [5, 5.41) is 3.27. The molecule has 0 aliphatic heterocycles. The van der Waals surface area contributed by atoms with Gasteiger partial charge in [0.1, 0.15) is 24.0 Å². The third-order valence-corrected chi connectivity index (χ3v) is 5.80. The molecule has 1 aliphatic carbocycles. The zero-order valence-corrected chi connectivity index (χ0v) is 19.0. The van der Waals surface area contributed by atoms with E-state index >= 15 is 0 Å². The molecule has 7 heteroatoms. The Balaban J connectivity index is 1.55. The minimum atomic E-state index is -0.910. The van der Waals surface area contributed by atoms with Crippen molar-refractivity contribution in [2.45, 2.75) is 52.7 Å². The van der Waals surface area contributed by atoms with Crippen LogP contribution in [0, 0.1) is 12.8 Å². The van der Waals surface area contributed by atoms with Crippen LogP contribution in [0.15, 0.2) is 51.7 Å². The summed E-state index contributed by atoms with van der Waals surface area (Å²) in [6, 6.07) is 11.9. The van der Waals surface area contributed by atoms with E-state index in [9.17, 15) is 14.4 Å². The fourth-order valence-electron chi connectivity index (χ4n) is 4.15. The van der Waals surface area contributed by atoms with Crippen LogP contribution in [0.5, 0.6) is 5.75 Å². The van der Waals surface area contributed by atoms with Gasteiger partial charge in [-0.2, -0.15) is 0 Å². The maximum absolute atomic E-state index is 13.1. The molecule has 1 aromatic heterocycles. The number of fused-ring (bicyclic) bond motifs is 3. The number of hydrogen-bond acceptors (Lipinski definition) is 6. The minimum Gasteiger partial charge on any atom is -0.445 e. The summed E-state index contributed by atoms with van der Waals surface area (Å²) in [6.07, 6.45) is 1.53. The number of nitrogens with one attached hydrogen (secondary N) is 1. The average molecular weight is 450 g/mol. The van der Waals surface area contributed by atoms with E-state index in [1.54, 1.807) is 12.1 Å². The molecule has 1 atom stereocenters. The van der Waals surface area contributed by atoms with Crippen molar-refractivity contribution in [1.82, 2.24) is 5.32 Å². The normalized spacial score (nSPS) is 13.6. The molecule has 4 rings (SSSR count). The third kappa shape index (κ3) is 4.92. The van der Waals surface area contributed by atoms with Gasteiger partial charge < -0.3 is 19.2 Å². The molecule has 33 heavy (non-hydrogen) atoms. The first-order valence-electron chi connectivity index (χ1n) is 11.1. The second kappa shape index (κ2) is 9.48. The summed E-state index contributed by atoms with van der Waals surface area (Å²) >= 11 is 0. The first-order chi connectivity index (χ1) is 15.8. The highest BCUT2D eigenvalue weighted by molar-refractivity contribution is 5.92. The topological polar surface area (TPSA) is 94.8 Å². The van der Waals surface area contributed by atoms with Crippen LogP contribution < -0.4 is 15.7 Å². The molecular weight excluding hydrogens is 422 g/mol. The van der Waals surface area contributed by atoms with Gasteiger partial charge in [0.2, 0.25) is 0 Å². The van der Waals surface area contributed by atoms with Crippen molar-refractivity contribution in [2.24, 2.45) is 5.92 Å². The molecule has 0 unspecified atom stereocenters. The number of carbonyl (C=O) groups excluding carboxylic acids is 2. The predicted molar refractivity (Wildman–Crippen MR) is 123 cm³/mol. The van der Waals surface area contributed by atoms with Gasteiger partial charge in [-0.3, -0.25) is 0 Å². The summed E-state index contributed by atoms with van der Waals surface area (Å²) < 4.78 is 16.6. The number of alkyl carbamates (subject to hydrolysis) is 1. The van der Waals surface area contributed by atoms with E-state index in [1.165, 1.54) is 0 Å². The van der Waals surface area contributed by atoms with Crippen LogP contribution in [-0.4, -0.2) is 18.1 Å². The molecule has 7 nitrogen and oxygen atoms in total. The zero-order chi connectivity index (χ0) is 23.5. The van der Waals surface area contributed by atoms with E-state index in [0.717, 1.165) is 29.5 Å². The summed E-state index contributed by atoms with van der Waals surface area (Å²) in [6.45, 7) is 5.56. The lowest BCUT2D eigenvalue weighted by atomic mass is 10.0. The van der Waals surface area contributed by atoms with Crippen LogP contribution in [0.3, 0.4) is 0 Å². The van der Waals surface area contributed by atoms with Crippen LogP contribution >= 0.6 is 0 Å². The second-order valence-corrected chi connectivity index (χ2v) is 8.69. The highest BCUT2D eigenvalue weighted by atomic mass is 16.6. The predicted octanol–water partition coefficient (Wildman–Crippen LogP) is 4.45. The Hall–Kier alpha value is -3.61. The lowest BCUT2D eigenvalue weighted by molar-refractivity contribution is -0.137. The first-order valence-corrected chi connectivity index (χ1v) is 11.1. The Labute approximate surface area is 191 Å². The van der Waals surface area contributed by atoms with Crippen molar-refractivity contribution in [2.75, 3.05) is 0 Å². The van der Waals surface area contributed by atoms with Crippen molar-refractivity contribution in [1.29, 1.82) is 0 Å². The number of rotatable bonds is 6. The summed E-state index contributed by atoms with van der Waals surface area (Å²) in [5.41, 5.74) is 3.23. The number of ether oxygens (including phenoxy) is 2. The van der Waals surface area contributed by atoms with Crippen molar-refractivity contribution in [3.63, 3.8) is 0 Å². The maximum Gasteiger partial charge on any atom is 0.408 e. The number of benzene rings is 2. The molecular formula is C26H27NO6. The van der Waals surface area contributed by atoms with Crippen LogP contribution in [-0.2, 0) is 29.0 Å². The summed E-state index contributed by atoms with van der Waals surface area (Å²) in [7, 11) is 0. The third-order valence-electron chi connectivity index (χ3n) is 5.80. The molecule has 0 fully saturated rings. The van der Waals surface area contributed by atoms with Crippen molar-refractivity contribution in [3.8, 4) is 5.75 Å². The van der Waals surface area contributed by atoms with Crippen LogP contribution in [0.4, 0.5) is 4.79 Å². The highest BCUT2D eigenvalue weighted by Gasteiger charge is 2.29. The van der Waals surface area contributed by atoms with Crippen LogP contribution in [0.25, 0.3) is 11.0 Å². The van der Waals surface area contributed by atoms with Crippen LogP contribution in [0.1, 0.15) is 42.5 Å². The van der Waals surface area contributed by atoms with Crippen molar-refractivity contribution >= 4 is 23.0 Å². The summed E-state index contributed by atoms with van der Waals surface area (Å²) in [4.78, 5) is 37.8. The van der Waals surface area contributed by atoms with Gasteiger partial charge in [-0.1, -0.05) is 44.2 Å². The van der Waals surface area contributed by atoms with Gasteiger partial charge in [-0.05, 0) is 60.9 Å². The second-order valence-electron chi connectivity index (χ2n) is 8.69. The monoisotopic (exact) mass is 449 g/mol. The largest absolute Gasteiger partial charge is 0.445 e. The lowest BCUT2D eigenvalue weighted by Gasteiger charge is -2.21. The number of aryl methyl sites for hydroxylation is 2. The molecule has 0 saturated carbocycles. The number of amides is 1. The van der Waals surface area contributed by atoms with Gasteiger partial charge in [-0.15, -0.1) is 0 Å².